The number of urea groups is 1. The summed E-state index contributed by atoms with van der Waals surface area (Å²) in [7, 11) is 0. The third kappa shape index (κ3) is 4.18. The summed E-state index contributed by atoms with van der Waals surface area (Å²) in [6.45, 7) is 4.24. The van der Waals surface area contributed by atoms with Gasteiger partial charge in [-0.1, -0.05) is 17.7 Å². The van der Waals surface area contributed by atoms with Gasteiger partial charge < -0.3 is 10.6 Å². The number of pyridine rings is 1. The normalized spacial score (nSPS) is 11.9. The van der Waals surface area contributed by atoms with Gasteiger partial charge in [-0.15, -0.1) is 11.3 Å². The van der Waals surface area contributed by atoms with E-state index in [4.69, 9.17) is 11.6 Å². The van der Waals surface area contributed by atoms with E-state index < -0.39 is 0 Å². The molecule has 1 atom stereocenters. The molecule has 2 heterocycles. The molecule has 5 nitrogen and oxygen atoms in total. The van der Waals surface area contributed by atoms with Gasteiger partial charge in [0.15, 0.2) is 0 Å². The fraction of sp³-hybridized carbons (Fsp3) is 0.308. The van der Waals surface area contributed by atoms with Gasteiger partial charge in [0.2, 0.25) is 0 Å². The van der Waals surface area contributed by atoms with E-state index in [0.29, 0.717) is 11.7 Å². The average molecular weight is 311 g/mol. The van der Waals surface area contributed by atoms with Crippen molar-refractivity contribution in [2.24, 2.45) is 0 Å². The van der Waals surface area contributed by atoms with Crippen LogP contribution in [0.1, 0.15) is 29.2 Å². The lowest BCUT2D eigenvalue weighted by Crippen LogP contribution is -2.36. The molecule has 0 saturated heterocycles. The summed E-state index contributed by atoms with van der Waals surface area (Å²) in [6.07, 6.45) is 1.63. The molecule has 7 heteroatoms. The number of aryl methyl sites for hydroxylation is 1. The number of hydrogen-bond donors (Lipinski definition) is 2. The Bertz CT molecular complexity index is 584. The van der Waals surface area contributed by atoms with Gasteiger partial charge in [0.25, 0.3) is 0 Å². The zero-order valence-corrected chi connectivity index (χ0v) is 12.8. The highest BCUT2D eigenvalue weighted by molar-refractivity contribution is 7.09. The fourth-order valence-electron chi connectivity index (χ4n) is 1.59. The highest BCUT2D eigenvalue weighted by Gasteiger charge is 2.11. The van der Waals surface area contributed by atoms with Gasteiger partial charge in [0.05, 0.1) is 16.7 Å². The van der Waals surface area contributed by atoms with Crippen LogP contribution < -0.4 is 10.6 Å². The summed E-state index contributed by atoms with van der Waals surface area (Å²) >= 11 is 7.26. The molecule has 0 spiro atoms. The number of hydrogen-bond acceptors (Lipinski definition) is 4. The minimum atomic E-state index is -0.238. The second-order valence-corrected chi connectivity index (χ2v) is 5.78. The van der Waals surface area contributed by atoms with E-state index in [-0.39, 0.29) is 12.1 Å². The number of thiazole rings is 1. The quantitative estimate of drug-likeness (QED) is 0.853. The van der Waals surface area contributed by atoms with Crippen LogP contribution in [0.25, 0.3) is 0 Å². The van der Waals surface area contributed by atoms with Crippen LogP contribution in [-0.2, 0) is 6.54 Å². The highest BCUT2D eigenvalue weighted by Crippen LogP contribution is 2.15. The first-order chi connectivity index (χ1) is 9.54. The van der Waals surface area contributed by atoms with Crippen LogP contribution in [0.15, 0.2) is 23.7 Å². The van der Waals surface area contributed by atoms with E-state index in [9.17, 15) is 4.79 Å². The molecule has 0 bridgehead atoms. The van der Waals surface area contributed by atoms with Gasteiger partial charge in [-0.25, -0.2) is 14.8 Å². The lowest BCUT2D eigenvalue weighted by atomic mass is 10.2. The number of carbonyl (C=O) groups excluding carboxylic acids is 1. The fourth-order valence-corrected chi connectivity index (χ4v) is 2.41. The molecule has 2 aromatic heterocycles. The summed E-state index contributed by atoms with van der Waals surface area (Å²) in [6, 6.07) is 3.15. The average Bonchev–Trinajstić information content (AvgIpc) is 2.85. The molecule has 2 amide bonds. The maximum Gasteiger partial charge on any atom is 0.315 e. The SMILES string of the molecule is Cc1nc(C(C)NC(=O)NCc2ccc(Cl)nc2)cs1. The Morgan fingerprint density at radius 3 is 2.90 bits per heavy atom. The number of nitrogens with one attached hydrogen (secondary N) is 2. The Morgan fingerprint density at radius 1 is 1.50 bits per heavy atom. The first-order valence-corrected chi connectivity index (χ1v) is 7.37. The summed E-state index contributed by atoms with van der Waals surface area (Å²) in [5.74, 6) is 0. The van der Waals surface area contributed by atoms with Gasteiger partial charge in [0, 0.05) is 18.1 Å². The van der Waals surface area contributed by atoms with Crippen LogP contribution in [-0.4, -0.2) is 16.0 Å². The van der Waals surface area contributed by atoms with Gasteiger partial charge in [-0.05, 0) is 25.5 Å². The van der Waals surface area contributed by atoms with Crippen molar-refractivity contribution in [2.75, 3.05) is 0 Å². The second kappa shape index (κ2) is 6.67. The van der Waals surface area contributed by atoms with E-state index in [2.05, 4.69) is 20.6 Å². The van der Waals surface area contributed by atoms with Crippen LogP contribution in [0.5, 0.6) is 0 Å². The topological polar surface area (TPSA) is 66.9 Å². The van der Waals surface area contributed by atoms with Crippen molar-refractivity contribution in [1.29, 1.82) is 0 Å². The third-order valence-corrected chi connectivity index (χ3v) is 3.69. The van der Waals surface area contributed by atoms with E-state index >= 15 is 0 Å². The predicted octanol–water partition coefficient (Wildman–Crippen LogP) is 3.06. The van der Waals surface area contributed by atoms with Crippen LogP contribution in [0.2, 0.25) is 5.15 Å². The van der Waals surface area contributed by atoms with Gasteiger partial charge >= 0.3 is 6.03 Å². The van der Waals surface area contributed by atoms with E-state index in [1.807, 2.05) is 25.3 Å². The molecule has 0 aliphatic rings. The summed E-state index contributed by atoms with van der Waals surface area (Å²) in [5.41, 5.74) is 1.76. The second-order valence-electron chi connectivity index (χ2n) is 4.33. The number of nitrogens with zero attached hydrogens (tertiary/aromatic N) is 2. The lowest BCUT2D eigenvalue weighted by molar-refractivity contribution is 0.237. The number of carbonyl (C=O) groups is 1. The number of rotatable bonds is 4. The zero-order chi connectivity index (χ0) is 14.5. The van der Waals surface area contributed by atoms with Crippen LogP contribution in [0.4, 0.5) is 4.79 Å². The van der Waals surface area contributed by atoms with Crippen molar-refractivity contribution in [3.8, 4) is 0 Å². The van der Waals surface area contributed by atoms with Crippen LogP contribution in [0, 0.1) is 6.92 Å². The molecule has 0 radical (unpaired) electrons. The molecule has 0 aliphatic heterocycles. The molecular formula is C13H15ClN4OS. The Labute approximate surface area is 126 Å². The first kappa shape index (κ1) is 14.7. The number of aromatic nitrogens is 2. The first-order valence-electron chi connectivity index (χ1n) is 6.11. The third-order valence-electron chi connectivity index (χ3n) is 2.67. The lowest BCUT2D eigenvalue weighted by Gasteiger charge is -2.12. The maximum absolute atomic E-state index is 11.8. The van der Waals surface area contributed by atoms with Crippen molar-refractivity contribution >= 4 is 29.0 Å². The smallest absolute Gasteiger partial charge is 0.315 e. The Hall–Kier alpha value is -1.66. The van der Waals surface area contributed by atoms with E-state index in [0.717, 1.165) is 16.3 Å². The molecule has 2 aromatic rings. The zero-order valence-electron chi connectivity index (χ0n) is 11.2. The standard InChI is InChI=1S/C13H15ClN4OS/c1-8(11-7-20-9(2)18-11)17-13(19)16-6-10-3-4-12(14)15-5-10/h3-5,7-8H,6H2,1-2H3,(H2,16,17,19). The Balaban J connectivity index is 1.82. The molecule has 0 saturated carbocycles. The van der Waals surface area contributed by atoms with Crippen molar-refractivity contribution in [3.05, 3.63) is 45.1 Å². The largest absolute Gasteiger partial charge is 0.334 e. The summed E-state index contributed by atoms with van der Waals surface area (Å²) < 4.78 is 0. The predicted molar refractivity (Wildman–Crippen MR) is 79.9 cm³/mol. The van der Waals surface area contributed by atoms with E-state index in [1.165, 1.54) is 0 Å². The molecule has 2 N–H and O–H groups in total. The van der Waals surface area contributed by atoms with Crippen molar-refractivity contribution < 1.29 is 4.79 Å². The molecule has 0 fully saturated rings. The van der Waals surface area contributed by atoms with Crippen molar-refractivity contribution in [3.63, 3.8) is 0 Å². The van der Waals surface area contributed by atoms with Gasteiger partial charge in [-0.3, -0.25) is 0 Å². The summed E-state index contributed by atoms with van der Waals surface area (Å²) in [5, 5.41) is 8.98. The molecule has 1 unspecified atom stereocenters. The molecule has 2 rings (SSSR count). The molecule has 0 aromatic carbocycles. The monoisotopic (exact) mass is 310 g/mol. The Kier molecular flexibility index (Phi) is 4.92. The summed E-state index contributed by atoms with van der Waals surface area (Å²) in [4.78, 5) is 20.1. The molecule has 0 aliphatic carbocycles. The van der Waals surface area contributed by atoms with Crippen LogP contribution >= 0.6 is 22.9 Å². The number of amides is 2. The van der Waals surface area contributed by atoms with E-state index in [1.54, 1.807) is 23.6 Å². The molecular weight excluding hydrogens is 296 g/mol. The highest BCUT2D eigenvalue weighted by atomic mass is 35.5. The van der Waals surface area contributed by atoms with Gasteiger partial charge in [0.1, 0.15) is 5.15 Å². The van der Waals surface area contributed by atoms with Crippen LogP contribution in [0.3, 0.4) is 0 Å². The molecule has 20 heavy (non-hydrogen) atoms. The van der Waals surface area contributed by atoms with Gasteiger partial charge in [-0.2, -0.15) is 0 Å². The van der Waals surface area contributed by atoms with Crippen molar-refractivity contribution in [2.45, 2.75) is 26.4 Å². The minimum absolute atomic E-state index is 0.122. The maximum atomic E-state index is 11.8. The van der Waals surface area contributed by atoms with Crippen molar-refractivity contribution in [1.82, 2.24) is 20.6 Å². The molecule has 106 valence electrons. The minimum Gasteiger partial charge on any atom is -0.334 e. The number of halogens is 1. The Morgan fingerprint density at radius 2 is 2.30 bits per heavy atom.